The number of aromatic amines is 1. The molecule has 1 aromatic carbocycles. The van der Waals surface area contributed by atoms with Crippen LogP contribution in [-0.4, -0.2) is 44.3 Å². The molecule has 0 fully saturated rings. The number of nitrogens with one attached hydrogen (secondary N) is 2. The Labute approximate surface area is 159 Å². The van der Waals surface area contributed by atoms with Gasteiger partial charge in [-0.05, 0) is 24.3 Å². The highest BCUT2D eigenvalue weighted by molar-refractivity contribution is 8.00. The molecule has 0 bridgehead atoms. The maximum Gasteiger partial charge on any atom is 0.237 e. The normalized spacial score (nSPS) is 13.3. The number of amides is 2. The zero-order chi connectivity index (χ0) is 18.6. The number of para-hydroxylation sites is 1. The molecule has 0 atom stereocenters. The number of aromatic nitrogens is 4. The summed E-state index contributed by atoms with van der Waals surface area (Å²) in [5.74, 6) is 0.865. The first-order valence-corrected chi connectivity index (χ1v) is 9.35. The number of benzene rings is 1. The summed E-state index contributed by atoms with van der Waals surface area (Å²) in [5, 5.41) is 10.6. The second-order valence-corrected chi connectivity index (χ2v) is 6.85. The number of fused-ring (bicyclic) bond motifs is 1. The predicted octanol–water partition coefficient (Wildman–Crippen LogP) is 2.33. The van der Waals surface area contributed by atoms with Gasteiger partial charge in [0.15, 0.2) is 5.82 Å². The molecule has 0 saturated heterocycles. The Hall–Kier alpha value is -3.20. The van der Waals surface area contributed by atoms with E-state index in [0.717, 1.165) is 10.6 Å². The zero-order valence-corrected chi connectivity index (χ0v) is 15.1. The number of anilines is 2. The van der Waals surface area contributed by atoms with Gasteiger partial charge in [-0.1, -0.05) is 18.2 Å². The van der Waals surface area contributed by atoms with Crippen LogP contribution in [0.15, 0.2) is 53.6 Å². The second kappa shape index (κ2) is 7.58. The highest BCUT2D eigenvalue weighted by Crippen LogP contribution is 2.34. The lowest BCUT2D eigenvalue weighted by molar-refractivity contribution is -0.117. The Bertz CT molecular complexity index is 975. The van der Waals surface area contributed by atoms with Crippen LogP contribution in [0.3, 0.4) is 0 Å². The average Bonchev–Trinajstić information content (AvgIpc) is 3.16. The third-order valence-electron chi connectivity index (χ3n) is 4.02. The Kier molecular flexibility index (Phi) is 4.84. The van der Waals surface area contributed by atoms with E-state index in [1.165, 1.54) is 11.8 Å². The van der Waals surface area contributed by atoms with Crippen molar-refractivity contribution in [1.29, 1.82) is 0 Å². The number of carbonyl (C=O) groups is 2. The van der Waals surface area contributed by atoms with Crippen LogP contribution >= 0.6 is 11.8 Å². The van der Waals surface area contributed by atoms with Crippen LogP contribution in [0.5, 0.6) is 0 Å². The van der Waals surface area contributed by atoms with E-state index in [2.05, 4.69) is 25.5 Å². The second-order valence-electron chi connectivity index (χ2n) is 5.84. The van der Waals surface area contributed by atoms with E-state index in [4.69, 9.17) is 0 Å². The van der Waals surface area contributed by atoms with Crippen molar-refractivity contribution in [2.45, 2.75) is 11.3 Å². The van der Waals surface area contributed by atoms with Crippen molar-refractivity contribution in [3.8, 4) is 11.5 Å². The van der Waals surface area contributed by atoms with E-state index < -0.39 is 0 Å². The van der Waals surface area contributed by atoms with Gasteiger partial charge in [0.25, 0.3) is 0 Å². The molecular formula is C18H16N6O2S. The van der Waals surface area contributed by atoms with Crippen LogP contribution in [0.1, 0.15) is 6.42 Å². The van der Waals surface area contributed by atoms with Gasteiger partial charge in [0, 0.05) is 24.1 Å². The fourth-order valence-corrected chi connectivity index (χ4v) is 3.68. The third kappa shape index (κ3) is 3.82. The average molecular weight is 380 g/mol. The maximum atomic E-state index is 12.3. The summed E-state index contributed by atoms with van der Waals surface area (Å²) in [5.41, 5.74) is 1.49. The van der Waals surface area contributed by atoms with Crippen molar-refractivity contribution in [2.75, 3.05) is 22.5 Å². The standard InChI is InChI=1S/C18H16N6O2S/c25-15(20-18-21-17(22-23-18)12-5-3-4-9-19-12)8-10-24-13-6-1-2-7-14(13)27-11-16(24)26/h1-7,9H,8,10-11H2,(H2,20,21,22,23,25). The molecule has 3 heterocycles. The molecule has 0 radical (unpaired) electrons. The third-order valence-corrected chi connectivity index (χ3v) is 5.07. The quantitative estimate of drug-likeness (QED) is 0.704. The summed E-state index contributed by atoms with van der Waals surface area (Å²) in [6.07, 6.45) is 1.81. The minimum absolute atomic E-state index is 0.00334. The van der Waals surface area contributed by atoms with E-state index in [0.29, 0.717) is 23.8 Å². The van der Waals surface area contributed by atoms with Crippen molar-refractivity contribution < 1.29 is 9.59 Å². The number of pyridine rings is 1. The summed E-state index contributed by atoms with van der Waals surface area (Å²) in [6.45, 7) is 0.309. The van der Waals surface area contributed by atoms with Crippen LogP contribution in [-0.2, 0) is 9.59 Å². The highest BCUT2D eigenvalue weighted by atomic mass is 32.2. The lowest BCUT2D eigenvalue weighted by atomic mass is 10.2. The molecule has 4 rings (SSSR count). The summed E-state index contributed by atoms with van der Waals surface area (Å²) in [6, 6.07) is 13.1. The molecule has 9 heteroatoms. The number of nitrogens with zero attached hydrogens (tertiary/aromatic N) is 4. The topological polar surface area (TPSA) is 104 Å². The Morgan fingerprint density at radius 2 is 2.04 bits per heavy atom. The van der Waals surface area contributed by atoms with Crippen LogP contribution < -0.4 is 10.2 Å². The van der Waals surface area contributed by atoms with Gasteiger partial charge >= 0.3 is 0 Å². The van der Waals surface area contributed by atoms with Gasteiger partial charge in [-0.15, -0.1) is 22.0 Å². The molecule has 2 aromatic heterocycles. The molecule has 2 N–H and O–H groups in total. The smallest absolute Gasteiger partial charge is 0.237 e. The number of carbonyl (C=O) groups excluding carboxylic acids is 2. The van der Waals surface area contributed by atoms with Crippen LogP contribution in [0.2, 0.25) is 0 Å². The van der Waals surface area contributed by atoms with Crippen LogP contribution in [0.4, 0.5) is 11.6 Å². The Morgan fingerprint density at radius 3 is 2.89 bits per heavy atom. The first-order valence-electron chi connectivity index (χ1n) is 8.37. The number of hydrogen-bond acceptors (Lipinski definition) is 6. The highest BCUT2D eigenvalue weighted by Gasteiger charge is 2.24. The largest absolute Gasteiger partial charge is 0.310 e. The van der Waals surface area contributed by atoms with E-state index in [9.17, 15) is 9.59 Å². The number of thioether (sulfide) groups is 1. The Balaban J connectivity index is 1.38. The first-order chi connectivity index (χ1) is 13.2. The number of hydrogen-bond donors (Lipinski definition) is 2. The van der Waals surface area contributed by atoms with Gasteiger partial charge in [0.2, 0.25) is 17.8 Å². The molecule has 27 heavy (non-hydrogen) atoms. The van der Waals surface area contributed by atoms with E-state index >= 15 is 0 Å². The molecule has 1 aliphatic heterocycles. The van der Waals surface area contributed by atoms with Crippen molar-refractivity contribution in [1.82, 2.24) is 20.2 Å². The molecule has 0 aliphatic carbocycles. The fraction of sp³-hybridized carbons (Fsp3) is 0.167. The van der Waals surface area contributed by atoms with E-state index in [-0.39, 0.29) is 24.2 Å². The first kappa shape index (κ1) is 17.2. The maximum absolute atomic E-state index is 12.3. The molecule has 0 unspecified atom stereocenters. The molecule has 2 amide bonds. The molecule has 1 aliphatic rings. The van der Waals surface area contributed by atoms with Crippen molar-refractivity contribution in [2.24, 2.45) is 0 Å². The molecule has 0 saturated carbocycles. The zero-order valence-electron chi connectivity index (χ0n) is 14.3. The van der Waals surface area contributed by atoms with Gasteiger partial charge < -0.3 is 9.88 Å². The minimum Gasteiger partial charge on any atom is -0.310 e. The van der Waals surface area contributed by atoms with Gasteiger partial charge in [-0.2, -0.15) is 0 Å². The Morgan fingerprint density at radius 1 is 1.19 bits per heavy atom. The molecular weight excluding hydrogens is 364 g/mol. The van der Waals surface area contributed by atoms with Crippen molar-refractivity contribution in [3.63, 3.8) is 0 Å². The summed E-state index contributed by atoms with van der Waals surface area (Å²) < 4.78 is 0. The van der Waals surface area contributed by atoms with Crippen molar-refractivity contribution >= 4 is 35.2 Å². The molecule has 0 spiro atoms. The van der Waals surface area contributed by atoms with E-state index in [1.54, 1.807) is 23.2 Å². The van der Waals surface area contributed by atoms with Gasteiger partial charge in [-0.25, -0.2) is 0 Å². The monoisotopic (exact) mass is 380 g/mol. The lowest BCUT2D eigenvalue weighted by Gasteiger charge is -2.28. The minimum atomic E-state index is -0.248. The van der Waals surface area contributed by atoms with Gasteiger partial charge in [0.1, 0.15) is 5.69 Å². The van der Waals surface area contributed by atoms with Gasteiger partial charge in [-0.3, -0.25) is 19.9 Å². The SMILES string of the molecule is O=C(CCN1C(=O)CSc2ccccc21)Nc1nnc(-c2ccccn2)[nH]1. The molecule has 3 aromatic rings. The molecule has 8 nitrogen and oxygen atoms in total. The molecule has 136 valence electrons. The number of rotatable bonds is 5. The van der Waals surface area contributed by atoms with Gasteiger partial charge in [0.05, 0.1) is 11.4 Å². The summed E-state index contributed by atoms with van der Waals surface area (Å²) >= 11 is 1.52. The predicted molar refractivity (Wildman–Crippen MR) is 102 cm³/mol. The summed E-state index contributed by atoms with van der Waals surface area (Å²) in [7, 11) is 0. The summed E-state index contributed by atoms with van der Waals surface area (Å²) in [4.78, 5) is 34.3. The fourth-order valence-electron chi connectivity index (χ4n) is 2.74. The van der Waals surface area contributed by atoms with E-state index in [1.807, 2.05) is 30.3 Å². The number of H-pyrrole nitrogens is 1. The lowest BCUT2D eigenvalue weighted by Crippen LogP contribution is -2.37. The van der Waals surface area contributed by atoms with Crippen LogP contribution in [0, 0.1) is 0 Å². The van der Waals surface area contributed by atoms with Crippen LogP contribution in [0.25, 0.3) is 11.5 Å². The van der Waals surface area contributed by atoms with Crippen molar-refractivity contribution in [3.05, 3.63) is 48.7 Å².